The van der Waals surface area contributed by atoms with Crippen molar-refractivity contribution in [1.29, 1.82) is 0 Å². The van der Waals surface area contributed by atoms with Crippen LogP contribution in [-0.4, -0.2) is 68.9 Å². The van der Waals surface area contributed by atoms with Crippen LogP contribution in [-0.2, 0) is 14.3 Å². The second-order valence-electron chi connectivity index (χ2n) is 11.7. The van der Waals surface area contributed by atoms with Crippen LogP contribution in [0.25, 0.3) is 0 Å². The molecule has 2 fully saturated rings. The van der Waals surface area contributed by atoms with Crippen LogP contribution >= 0.6 is 0 Å². The highest BCUT2D eigenvalue weighted by atomic mass is 16.6. The van der Waals surface area contributed by atoms with Crippen molar-refractivity contribution in [3.63, 3.8) is 0 Å². The monoisotopic (exact) mass is 498 g/mol. The smallest absolute Gasteiger partial charge is 0.411 e. The lowest BCUT2D eigenvalue weighted by atomic mass is 9.93. The number of rotatable bonds is 5. The second-order valence-corrected chi connectivity index (χ2v) is 11.7. The highest BCUT2D eigenvalue weighted by Gasteiger charge is 2.40. The molecule has 35 heavy (non-hydrogen) atoms. The molecule has 2 saturated heterocycles. The fraction of sp³-hybridized carbons (Fsp3) is 0.889. The number of hydrogen-bond acceptors (Lipinski definition) is 5. The van der Waals surface area contributed by atoms with Gasteiger partial charge in [-0.15, -0.1) is 0 Å². The van der Waals surface area contributed by atoms with Gasteiger partial charge in [0.15, 0.2) is 0 Å². The van der Waals surface area contributed by atoms with E-state index < -0.39 is 23.7 Å². The van der Waals surface area contributed by atoms with E-state index in [0.29, 0.717) is 12.5 Å². The van der Waals surface area contributed by atoms with E-state index in [2.05, 4.69) is 6.92 Å². The molecule has 2 aliphatic rings. The molecule has 0 bridgehead atoms. The molecule has 0 radical (unpaired) electrons. The van der Waals surface area contributed by atoms with Crippen molar-refractivity contribution < 1.29 is 29.0 Å². The third-order valence-corrected chi connectivity index (χ3v) is 6.13. The average molecular weight is 499 g/mol. The first-order valence-corrected chi connectivity index (χ1v) is 13.4. The van der Waals surface area contributed by atoms with Crippen molar-refractivity contribution in [3.8, 4) is 0 Å². The molecule has 8 heteroatoms. The number of nitrogens with zero attached hydrogens (tertiary/aromatic N) is 2. The molecule has 0 aromatic carbocycles. The minimum Gasteiger partial charge on any atom is -0.480 e. The SMILES string of the molecule is CCC[C@@H]1CCCCN1C(=O)OC(C)(C)C.CCC[C@@H]1CCC[C@H](C(=O)O)N1C(=O)OC(C)(C)C. The summed E-state index contributed by atoms with van der Waals surface area (Å²) in [4.78, 5) is 39.0. The van der Waals surface area contributed by atoms with E-state index in [4.69, 9.17) is 9.47 Å². The van der Waals surface area contributed by atoms with Gasteiger partial charge in [-0.2, -0.15) is 0 Å². The number of carbonyl (C=O) groups excluding carboxylic acids is 2. The van der Waals surface area contributed by atoms with E-state index in [-0.39, 0.29) is 17.7 Å². The molecule has 0 aliphatic carbocycles. The number of carboxylic acids is 1. The normalized spacial score (nSPS) is 23.1. The van der Waals surface area contributed by atoms with Gasteiger partial charge in [-0.3, -0.25) is 4.90 Å². The predicted molar refractivity (Wildman–Crippen MR) is 138 cm³/mol. The van der Waals surface area contributed by atoms with Crippen LogP contribution in [0.2, 0.25) is 0 Å². The molecule has 1 N–H and O–H groups in total. The first-order chi connectivity index (χ1) is 16.2. The zero-order chi connectivity index (χ0) is 26.8. The molecule has 0 aromatic heterocycles. The van der Waals surface area contributed by atoms with Gasteiger partial charge < -0.3 is 19.5 Å². The number of carbonyl (C=O) groups is 3. The van der Waals surface area contributed by atoms with Crippen LogP contribution in [0.4, 0.5) is 9.59 Å². The van der Waals surface area contributed by atoms with Crippen LogP contribution in [0.5, 0.6) is 0 Å². The zero-order valence-corrected chi connectivity index (χ0v) is 23.4. The Hall–Kier alpha value is -1.99. The topological polar surface area (TPSA) is 96.4 Å². The first-order valence-electron chi connectivity index (χ1n) is 13.4. The molecule has 3 atom stereocenters. The van der Waals surface area contributed by atoms with Crippen molar-refractivity contribution in [2.45, 2.75) is 149 Å². The van der Waals surface area contributed by atoms with Crippen molar-refractivity contribution in [1.82, 2.24) is 9.80 Å². The quantitative estimate of drug-likeness (QED) is 0.458. The molecular formula is C27H50N2O6. The number of piperidine rings is 2. The molecule has 0 aromatic rings. The summed E-state index contributed by atoms with van der Waals surface area (Å²) in [5.74, 6) is -0.938. The first kappa shape index (κ1) is 31.0. The summed E-state index contributed by atoms with van der Waals surface area (Å²) in [5.41, 5.74) is -0.986. The Labute approximate surface area is 212 Å². The summed E-state index contributed by atoms with van der Waals surface area (Å²) in [6.45, 7) is 16.2. The highest BCUT2D eigenvalue weighted by Crippen LogP contribution is 2.28. The second kappa shape index (κ2) is 13.9. The Balaban J connectivity index is 0.000000355. The molecule has 0 spiro atoms. The molecule has 8 nitrogen and oxygen atoms in total. The molecule has 204 valence electrons. The number of amides is 2. The van der Waals surface area contributed by atoms with Crippen molar-refractivity contribution in [3.05, 3.63) is 0 Å². The minimum absolute atomic E-state index is 0.0188. The summed E-state index contributed by atoms with van der Waals surface area (Å²) in [6.07, 6.45) is 9.04. The van der Waals surface area contributed by atoms with E-state index in [0.717, 1.165) is 57.9 Å². The summed E-state index contributed by atoms with van der Waals surface area (Å²) < 4.78 is 10.8. The highest BCUT2D eigenvalue weighted by molar-refractivity contribution is 5.80. The van der Waals surface area contributed by atoms with Gasteiger partial charge in [0, 0.05) is 18.6 Å². The summed E-state index contributed by atoms with van der Waals surface area (Å²) in [5, 5.41) is 9.29. The molecular weight excluding hydrogens is 448 g/mol. The van der Waals surface area contributed by atoms with E-state index in [1.54, 1.807) is 20.8 Å². The van der Waals surface area contributed by atoms with Crippen LogP contribution in [0.15, 0.2) is 0 Å². The summed E-state index contributed by atoms with van der Waals surface area (Å²) >= 11 is 0. The third-order valence-electron chi connectivity index (χ3n) is 6.13. The number of ether oxygens (including phenoxy) is 2. The summed E-state index contributed by atoms with van der Waals surface area (Å²) in [7, 11) is 0. The van der Waals surface area contributed by atoms with Gasteiger partial charge in [0.25, 0.3) is 0 Å². The van der Waals surface area contributed by atoms with Gasteiger partial charge in [0.1, 0.15) is 17.2 Å². The molecule has 2 amide bonds. The lowest BCUT2D eigenvalue weighted by molar-refractivity contribution is -0.145. The molecule has 2 heterocycles. The van der Waals surface area contributed by atoms with E-state index in [1.165, 1.54) is 11.3 Å². The van der Waals surface area contributed by atoms with Crippen LogP contribution in [0.3, 0.4) is 0 Å². The van der Waals surface area contributed by atoms with E-state index in [9.17, 15) is 19.5 Å². The molecule has 2 rings (SSSR count). The number of likely N-dealkylation sites (tertiary alicyclic amines) is 2. The Kier molecular flexibility index (Phi) is 12.4. The predicted octanol–water partition coefficient (Wildman–Crippen LogP) is 6.61. The maximum Gasteiger partial charge on any atom is 0.411 e. The van der Waals surface area contributed by atoms with Gasteiger partial charge in [0.05, 0.1) is 0 Å². The standard InChI is InChI=1S/C14H25NO4.C13H25NO2/c1-5-7-10-8-6-9-11(12(16)17)15(10)13(18)19-14(2,3)4;1-5-8-11-9-6-7-10-14(11)12(15)16-13(2,3)4/h10-11H,5-9H2,1-4H3,(H,16,17);11H,5-10H2,1-4H3/t10-,11-;11-/m11/s1. The maximum absolute atomic E-state index is 12.3. The van der Waals surface area contributed by atoms with Crippen molar-refractivity contribution in [2.24, 2.45) is 0 Å². The lowest BCUT2D eigenvalue weighted by Gasteiger charge is -2.40. The largest absolute Gasteiger partial charge is 0.480 e. The maximum atomic E-state index is 12.3. The molecule has 0 unspecified atom stereocenters. The van der Waals surface area contributed by atoms with Crippen LogP contribution in [0.1, 0.15) is 120 Å². The lowest BCUT2D eigenvalue weighted by Crippen LogP contribution is -2.54. The Morgan fingerprint density at radius 2 is 1.29 bits per heavy atom. The number of hydrogen-bond donors (Lipinski definition) is 1. The van der Waals surface area contributed by atoms with Crippen molar-refractivity contribution in [2.75, 3.05) is 6.54 Å². The number of aliphatic carboxylic acids is 1. The Bertz CT molecular complexity index is 678. The van der Waals surface area contributed by atoms with Gasteiger partial charge in [-0.1, -0.05) is 26.7 Å². The van der Waals surface area contributed by atoms with Crippen molar-refractivity contribution >= 4 is 18.2 Å². The van der Waals surface area contributed by atoms with Crippen LogP contribution in [0, 0.1) is 0 Å². The Morgan fingerprint density at radius 1 is 0.771 bits per heavy atom. The molecule has 0 saturated carbocycles. The molecule has 2 aliphatic heterocycles. The van der Waals surface area contributed by atoms with Gasteiger partial charge in [0.2, 0.25) is 0 Å². The van der Waals surface area contributed by atoms with Crippen LogP contribution < -0.4 is 0 Å². The minimum atomic E-state index is -0.938. The third kappa shape index (κ3) is 11.1. The Morgan fingerprint density at radius 3 is 1.80 bits per heavy atom. The summed E-state index contributed by atoms with van der Waals surface area (Å²) in [6, 6.07) is -0.372. The number of carboxylic acid groups (broad SMARTS) is 1. The fourth-order valence-electron chi connectivity index (χ4n) is 4.72. The van der Waals surface area contributed by atoms with Gasteiger partial charge in [-0.05, 0) is 92.9 Å². The zero-order valence-electron chi connectivity index (χ0n) is 23.4. The fourth-order valence-corrected chi connectivity index (χ4v) is 4.72. The van der Waals surface area contributed by atoms with E-state index in [1.807, 2.05) is 32.6 Å². The average Bonchev–Trinajstić information content (AvgIpc) is 2.72. The van der Waals surface area contributed by atoms with Gasteiger partial charge in [-0.25, -0.2) is 14.4 Å². The van der Waals surface area contributed by atoms with E-state index >= 15 is 0 Å². The van der Waals surface area contributed by atoms with Gasteiger partial charge >= 0.3 is 18.2 Å².